The van der Waals surface area contributed by atoms with Gasteiger partial charge in [0.25, 0.3) is 0 Å². The Morgan fingerprint density at radius 1 is 1.33 bits per heavy atom. The van der Waals surface area contributed by atoms with Crippen molar-refractivity contribution in [3.05, 3.63) is 35.9 Å². The zero-order valence-corrected chi connectivity index (χ0v) is 11.3. The van der Waals surface area contributed by atoms with Gasteiger partial charge in [0.2, 0.25) is 0 Å². The van der Waals surface area contributed by atoms with Crippen LogP contribution in [0.4, 0.5) is 0 Å². The van der Waals surface area contributed by atoms with E-state index >= 15 is 0 Å². The number of hydrogen-bond acceptors (Lipinski definition) is 3. The third-order valence-corrected chi connectivity index (χ3v) is 2.84. The van der Waals surface area contributed by atoms with Crippen LogP contribution in [0, 0.1) is 0 Å². The summed E-state index contributed by atoms with van der Waals surface area (Å²) in [5.41, 5.74) is 2.28. The predicted molar refractivity (Wildman–Crippen MR) is 71.1 cm³/mol. The SMILES string of the molecule is CCn1ccc(CNCc2cnn(C(C)C)c2)n1. The van der Waals surface area contributed by atoms with Gasteiger partial charge in [-0.3, -0.25) is 9.36 Å². The van der Waals surface area contributed by atoms with Crippen LogP contribution in [0.25, 0.3) is 0 Å². The summed E-state index contributed by atoms with van der Waals surface area (Å²) in [7, 11) is 0. The molecular formula is C13H21N5. The maximum absolute atomic E-state index is 4.43. The Balaban J connectivity index is 1.80. The van der Waals surface area contributed by atoms with Crippen molar-refractivity contribution < 1.29 is 0 Å². The van der Waals surface area contributed by atoms with E-state index in [-0.39, 0.29) is 0 Å². The van der Waals surface area contributed by atoms with Crippen LogP contribution in [0.1, 0.15) is 38.1 Å². The van der Waals surface area contributed by atoms with Gasteiger partial charge in [-0.2, -0.15) is 10.2 Å². The number of rotatable bonds is 6. The molecule has 2 aromatic rings. The zero-order chi connectivity index (χ0) is 13.0. The van der Waals surface area contributed by atoms with E-state index in [1.54, 1.807) is 0 Å². The Bertz CT molecular complexity index is 483. The van der Waals surface area contributed by atoms with Crippen molar-refractivity contribution in [1.29, 1.82) is 0 Å². The Hall–Kier alpha value is -1.62. The molecule has 2 heterocycles. The minimum Gasteiger partial charge on any atom is -0.307 e. The lowest BCUT2D eigenvalue weighted by atomic mass is 10.3. The highest BCUT2D eigenvalue weighted by molar-refractivity contribution is 5.05. The summed E-state index contributed by atoms with van der Waals surface area (Å²) in [6, 6.07) is 2.47. The first kappa shape index (κ1) is 12.8. The number of nitrogens with zero attached hydrogens (tertiary/aromatic N) is 4. The Labute approximate surface area is 108 Å². The normalized spacial score (nSPS) is 11.3. The quantitative estimate of drug-likeness (QED) is 0.849. The first-order chi connectivity index (χ1) is 8.69. The van der Waals surface area contributed by atoms with Gasteiger partial charge in [-0.25, -0.2) is 0 Å². The lowest BCUT2D eigenvalue weighted by Crippen LogP contribution is -2.13. The van der Waals surface area contributed by atoms with Crippen molar-refractivity contribution in [2.45, 2.75) is 46.4 Å². The molecule has 5 nitrogen and oxygen atoms in total. The molecule has 0 aliphatic carbocycles. The molecule has 0 saturated heterocycles. The van der Waals surface area contributed by atoms with Gasteiger partial charge in [-0.15, -0.1) is 0 Å². The predicted octanol–water partition coefficient (Wildman–Crippen LogP) is 1.97. The van der Waals surface area contributed by atoms with Crippen LogP contribution in [0.3, 0.4) is 0 Å². The summed E-state index contributed by atoms with van der Waals surface area (Å²) in [6.45, 7) is 8.88. The fourth-order valence-electron chi connectivity index (χ4n) is 1.76. The molecule has 0 amide bonds. The Kier molecular flexibility index (Phi) is 4.15. The maximum Gasteiger partial charge on any atom is 0.0762 e. The van der Waals surface area contributed by atoms with Gasteiger partial charge in [-0.1, -0.05) is 0 Å². The van der Waals surface area contributed by atoms with Crippen molar-refractivity contribution in [2.24, 2.45) is 0 Å². The third kappa shape index (κ3) is 3.20. The van der Waals surface area contributed by atoms with Crippen LogP contribution < -0.4 is 5.32 Å². The van der Waals surface area contributed by atoms with Gasteiger partial charge in [0.05, 0.1) is 11.9 Å². The average Bonchev–Trinajstić information content (AvgIpc) is 2.97. The van der Waals surface area contributed by atoms with Crippen molar-refractivity contribution in [3.8, 4) is 0 Å². The van der Waals surface area contributed by atoms with E-state index in [1.165, 1.54) is 5.56 Å². The minimum atomic E-state index is 0.416. The van der Waals surface area contributed by atoms with Gasteiger partial charge >= 0.3 is 0 Å². The molecule has 0 aliphatic heterocycles. The lowest BCUT2D eigenvalue weighted by Gasteiger charge is -2.03. The average molecular weight is 247 g/mol. The summed E-state index contributed by atoms with van der Waals surface area (Å²) >= 11 is 0. The molecule has 0 spiro atoms. The first-order valence-corrected chi connectivity index (χ1v) is 6.45. The summed E-state index contributed by atoms with van der Waals surface area (Å²) < 4.78 is 3.91. The van der Waals surface area contributed by atoms with Crippen LogP contribution in [0.5, 0.6) is 0 Å². The van der Waals surface area contributed by atoms with Crippen LogP contribution in [0.2, 0.25) is 0 Å². The molecule has 0 fully saturated rings. The molecule has 18 heavy (non-hydrogen) atoms. The first-order valence-electron chi connectivity index (χ1n) is 6.45. The molecule has 2 aromatic heterocycles. The van der Waals surface area contributed by atoms with Crippen LogP contribution in [-0.2, 0) is 19.6 Å². The highest BCUT2D eigenvalue weighted by Crippen LogP contribution is 2.05. The molecule has 0 atom stereocenters. The molecule has 5 heteroatoms. The molecule has 0 unspecified atom stereocenters. The van der Waals surface area contributed by atoms with Gasteiger partial charge < -0.3 is 5.32 Å². The van der Waals surface area contributed by atoms with E-state index in [9.17, 15) is 0 Å². The molecular weight excluding hydrogens is 226 g/mol. The zero-order valence-electron chi connectivity index (χ0n) is 11.3. The third-order valence-electron chi connectivity index (χ3n) is 2.84. The number of nitrogens with one attached hydrogen (secondary N) is 1. The van der Waals surface area contributed by atoms with Gasteiger partial charge in [-0.05, 0) is 26.8 Å². The Morgan fingerprint density at radius 2 is 2.17 bits per heavy atom. The topological polar surface area (TPSA) is 47.7 Å². The highest BCUT2D eigenvalue weighted by Gasteiger charge is 2.02. The van der Waals surface area contributed by atoms with E-state index in [0.29, 0.717) is 6.04 Å². The molecule has 0 aliphatic rings. The molecule has 0 saturated carbocycles. The van der Waals surface area contributed by atoms with E-state index < -0.39 is 0 Å². The number of hydrogen-bond donors (Lipinski definition) is 1. The molecule has 98 valence electrons. The summed E-state index contributed by atoms with van der Waals surface area (Å²) in [4.78, 5) is 0. The highest BCUT2D eigenvalue weighted by atomic mass is 15.3. The second-order valence-corrected chi connectivity index (χ2v) is 4.69. The van der Waals surface area contributed by atoms with Crippen LogP contribution in [-0.4, -0.2) is 19.6 Å². The van der Waals surface area contributed by atoms with E-state index in [2.05, 4.69) is 42.5 Å². The standard InChI is InChI=1S/C13H21N5/c1-4-17-6-5-13(16-17)9-14-7-12-8-15-18(10-12)11(2)3/h5-6,8,10-11,14H,4,7,9H2,1-3H3. The second kappa shape index (κ2) is 5.82. The number of aryl methyl sites for hydroxylation is 1. The van der Waals surface area contributed by atoms with Crippen LogP contribution in [0.15, 0.2) is 24.7 Å². The van der Waals surface area contributed by atoms with Crippen LogP contribution >= 0.6 is 0 Å². The fraction of sp³-hybridized carbons (Fsp3) is 0.538. The monoisotopic (exact) mass is 247 g/mol. The summed E-state index contributed by atoms with van der Waals surface area (Å²) in [5.74, 6) is 0. The maximum atomic E-state index is 4.43. The molecule has 0 aromatic carbocycles. The second-order valence-electron chi connectivity index (χ2n) is 4.69. The van der Waals surface area contributed by atoms with Gasteiger partial charge in [0.15, 0.2) is 0 Å². The minimum absolute atomic E-state index is 0.416. The van der Waals surface area contributed by atoms with E-state index in [0.717, 1.165) is 25.3 Å². The van der Waals surface area contributed by atoms with Crippen molar-refractivity contribution in [2.75, 3.05) is 0 Å². The van der Waals surface area contributed by atoms with E-state index in [4.69, 9.17) is 0 Å². The smallest absolute Gasteiger partial charge is 0.0762 e. The summed E-state index contributed by atoms with van der Waals surface area (Å²) in [5, 5.41) is 12.1. The largest absolute Gasteiger partial charge is 0.307 e. The van der Waals surface area contributed by atoms with E-state index in [1.807, 2.05) is 27.8 Å². The van der Waals surface area contributed by atoms with Crippen molar-refractivity contribution >= 4 is 0 Å². The molecule has 2 rings (SSSR count). The van der Waals surface area contributed by atoms with Crippen molar-refractivity contribution in [3.63, 3.8) is 0 Å². The number of aromatic nitrogens is 4. The molecule has 1 N–H and O–H groups in total. The molecule has 0 radical (unpaired) electrons. The van der Waals surface area contributed by atoms with Gasteiger partial charge in [0, 0.05) is 43.6 Å². The Morgan fingerprint density at radius 3 is 2.78 bits per heavy atom. The molecule has 0 bridgehead atoms. The summed E-state index contributed by atoms with van der Waals surface area (Å²) in [6.07, 6.45) is 6.01. The lowest BCUT2D eigenvalue weighted by molar-refractivity contribution is 0.531. The van der Waals surface area contributed by atoms with Crippen molar-refractivity contribution in [1.82, 2.24) is 24.9 Å². The fourth-order valence-corrected chi connectivity index (χ4v) is 1.76. The van der Waals surface area contributed by atoms with Gasteiger partial charge in [0.1, 0.15) is 0 Å².